The molecule has 1 fully saturated rings. The van der Waals surface area contributed by atoms with Gasteiger partial charge in [0, 0.05) is 19.2 Å². The number of ether oxygens (including phenoxy) is 2. The van der Waals surface area contributed by atoms with Gasteiger partial charge in [-0.15, -0.1) is 0 Å². The second-order valence-corrected chi connectivity index (χ2v) is 8.28. The Balaban J connectivity index is 1.64. The molecule has 3 aromatic rings. The van der Waals surface area contributed by atoms with E-state index in [0.717, 1.165) is 11.1 Å². The third kappa shape index (κ3) is 5.10. The summed E-state index contributed by atoms with van der Waals surface area (Å²) >= 11 is 0. The van der Waals surface area contributed by atoms with Crippen LogP contribution in [-0.4, -0.2) is 42.0 Å². The number of likely N-dealkylation sites (tertiary alicyclic amines) is 1. The van der Waals surface area contributed by atoms with E-state index < -0.39 is 23.5 Å². The van der Waals surface area contributed by atoms with Crippen molar-refractivity contribution < 1.29 is 28.6 Å². The maximum Gasteiger partial charge on any atom is 0.295 e. The van der Waals surface area contributed by atoms with Crippen LogP contribution in [-0.2, 0) is 20.9 Å². The van der Waals surface area contributed by atoms with Crippen molar-refractivity contribution in [2.24, 2.45) is 0 Å². The largest absolute Gasteiger partial charge is 0.507 e. The van der Waals surface area contributed by atoms with Crippen molar-refractivity contribution in [3.63, 3.8) is 0 Å². The van der Waals surface area contributed by atoms with Crippen LogP contribution < -0.4 is 4.74 Å². The fourth-order valence-electron chi connectivity index (χ4n) is 4.09. The molecule has 1 aliphatic rings. The Morgan fingerprint density at radius 3 is 2.34 bits per heavy atom. The average molecular weight is 476 g/mol. The predicted molar refractivity (Wildman–Crippen MR) is 129 cm³/mol. The summed E-state index contributed by atoms with van der Waals surface area (Å²) in [7, 11) is 1.49. The van der Waals surface area contributed by atoms with Crippen LogP contribution in [0.2, 0.25) is 0 Å². The molecule has 7 heteroatoms. The lowest BCUT2D eigenvalue weighted by Gasteiger charge is -2.25. The van der Waals surface area contributed by atoms with Gasteiger partial charge < -0.3 is 19.5 Å². The molecule has 180 valence electrons. The van der Waals surface area contributed by atoms with Crippen molar-refractivity contribution in [2.45, 2.75) is 19.6 Å². The first-order valence-electron chi connectivity index (χ1n) is 11.2. The van der Waals surface area contributed by atoms with Gasteiger partial charge in [-0.3, -0.25) is 9.59 Å². The van der Waals surface area contributed by atoms with E-state index in [9.17, 15) is 19.1 Å². The first kappa shape index (κ1) is 24.2. The van der Waals surface area contributed by atoms with Crippen molar-refractivity contribution >= 4 is 17.4 Å². The van der Waals surface area contributed by atoms with Crippen molar-refractivity contribution in [3.8, 4) is 5.75 Å². The maximum absolute atomic E-state index is 13.5. The zero-order valence-corrected chi connectivity index (χ0v) is 19.5. The van der Waals surface area contributed by atoms with E-state index in [-0.39, 0.29) is 24.5 Å². The van der Waals surface area contributed by atoms with Gasteiger partial charge in [-0.25, -0.2) is 4.39 Å². The minimum atomic E-state index is -0.859. The Bertz CT molecular complexity index is 1250. The molecule has 1 N–H and O–H groups in total. The number of aliphatic hydroxyl groups is 1. The van der Waals surface area contributed by atoms with Gasteiger partial charge in [0.2, 0.25) is 0 Å². The summed E-state index contributed by atoms with van der Waals surface area (Å²) in [6, 6.07) is 19.2. The van der Waals surface area contributed by atoms with E-state index in [1.54, 1.807) is 24.3 Å². The van der Waals surface area contributed by atoms with Gasteiger partial charge in [0.1, 0.15) is 23.9 Å². The van der Waals surface area contributed by atoms with Crippen LogP contribution in [0.4, 0.5) is 4.39 Å². The minimum absolute atomic E-state index is 0.0497. The SMILES string of the molecule is COCCN1C(=O)C(=O)C(=C(O)c2ccc(OCc3ccccc3C)cc2)C1c1ccc(F)cc1. The van der Waals surface area contributed by atoms with Crippen LogP contribution in [0.5, 0.6) is 5.75 Å². The molecular weight excluding hydrogens is 449 g/mol. The minimum Gasteiger partial charge on any atom is -0.507 e. The van der Waals surface area contributed by atoms with E-state index in [0.29, 0.717) is 23.5 Å². The van der Waals surface area contributed by atoms with Crippen LogP contribution in [0.25, 0.3) is 5.76 Å². The number of hydrogen-bond acceptors (Lipinski definition) is 5. The number of carbonyl (C=O) groups is 2. The van der Waals surface area contributed by atoms with Gasteiger partial charge in [0.15, 0.2) is 0 Å². The van der Waals surface area contributed by atoms with Gasteiger partial charge in [0.25, 0.3) is 11.7 Å². The molecule has 0 aromatic heterocycles. The average Bonchev–Trinajstić information content (AvgIpc) is 3.12. The first-order chi connectivity index (χ1) is 16.9. The van der Waals surface area contributed by atoms with Crippen LogP contribution in [0, 0.1) is 12.7 Å². The molecule has 1 atom stereocenters. The molecule has 1 heterocycles. The number of carbonyl (C=O) groups excluding carboxylic acids is 2. The lowest BCUT2D eigenvalue weighted by atomic mass is 9.95. The Labute approximate surface area is 203 Å². The van der Waals surface area contributed by atoms with Crippen molar-refractivity contribution in [1.29, 1.82) is 0 Å². The molecule has 4 rings (SSSR count). The highest BCUT2D eigenvalue weighted by Crippen LogP contribution is 2.39. The highest BCUT2D eigenvalue weighted by molar-refractivity contribution is 6.46. The highest BCUT2D eigenvalue weighted by atomic mass is 19.1. The molecule has 35 heavy (non-hydrogen) atoms. The second kappa shape index (κ2) is 10.5. The number of nitrogens with zero attached hydrogens (tertiary/aromatic N) is 1. The Morgan fingerprint density at radius 2 is 1.69 bits per heavy atom. The maximum atomic E-state index is 13.5. The molecule has 1 saturated heterocycles. The number of aryl methyl sites for hydroxylation is 1. The zero-order valence-electron chi connectivity index (χ0n) is 19.5. The van der Waals surface area contributed by atoms with Crippen LogP contribution >= 0.6 is 0 Å². The van der Waals surface area contributed by atoms with Crippen molar-refractivity contribution in [3.05, 3.63) is 106 Å². The highest BCUT2D eigenvalue weighted by Gasteiger charge is 2.45. The number of methoxy groups -OCH3 is 1. The number of halogens is 1. The van der Waals surface area contributed by atoms with Crippen molar-refractivity contribution in [2.75, 3.05) is 20.3 Å². The van der Waals surface area contributed by atoms with Gasteiger partial charge in [-0.1, -0.05) is 36.4 Å². The van der Waals surface area contributed by atoms with Gasteiger partial charge in [0.05, 0.1) is 18.2 Å². The van der Waals surface area contributed by atoms with E-state index in [2.05, 4.69) is 0 Å². The third-order valence-electron chi connectivity index (χ3n) is 6.05. The van der Waals surface area contributed by atoms with E-state index in [1.807, 2.05) is 31.2 Å². The smallest absolute Gasteiger partial charge is 0.295 e. The number of hydrogen-bond donors (Lipinski definition) is 1. The number of rotatable bonds is 8. The van der Waals surface area contributed by atoms with E-state index in [1.165, 1.54) is 36.3 Å². The number of Topliss-reactive ketones (excluding diaryl/α,β-unsaturated/α-hetero) is 1. The Kier molecular flexibility index (Phi) is 7.27. The summed E-state index contributed by atoms with van der Waals surface area (Å²) in [6.07, 6.45) is 0. The monoisotopic (exact) mass is 475 g/mol. The molecule has 0 bridgehead atoms. The normalized spacial score (nSPS) is 17.1. The molecule has 0 aliphatic carbocycles. The summed E-state index contributed by atoms with van der Waals surface area (Å²) < 4.78 is 24.5. The van der Waals surface area contributed by atoms with E-state index in [4.69, 9.17) is 9.47 Å². The van der Waals surface area contributed by atoms with Crippen LogP contribution in [0.15, 0.2) is 78.4 Å². The standard InChI is InChI=1S/C28H26FNO5/c1-18-5-3-4-6-21(18)17-35-23-13-9-20(10-14-23)26(31)24-25(19-7-11-22(29)12-8-19)30(15-16-34-2)28(33)27(24)32/h3-14,25,31H,15-17H2,1-2H3. The summed E-state index contributed by atoms with van der Waals surface area (Å²) in [6.45, 7) is 2.76. The molecule has 0 radical (unpaired) electrons. The summed E-state index contributed by atoms with van der Waals surface area (Å²) in [5.74, 6) is -1.68. The van der Waals surface area contributed by atoms with Crippen molar-refractivity contribution in [1.82, 2.24) is 4.90 Å². The Hall–Kier alpha value is -3.97. The van der Waals surface area contributed by atoms with Gasteiger partial charge in [-0.2, -0.15) is 0 Å². The van der Waals surface area contributed by atoms with E-state index >= 15 is 0 Å². The number of aliphatic hydroxyl groups excluding tert-OH is 1. The molecule has 1 aliphatic heterocycles. The van der Waals surface area contributed by atoms with Crippen LogP contribution in [0.1, 0.15) is 28.3 Å². The predicted octanol–water partition coefficient (Wildman–Crippen LogP) is 4.78. The fourth-order valence-corrected chi connectivity index (χ4v) is 4.09. The summed E-state index contributed by atoms with van der Waals surface area (Å²) in [5, 5.41) is 11.1. The second-order valence-electron chi connectivity index (χ2n) is 8.28. The zero-order chi connectivity index (χ0) is 24.9. The molecule has 3 aromatic carbocycles. The topological polar surface area (TPSA) is 76.1 Å². The Morgan fingerprint density at radius 1 is 1.00 bits per heavy atom. The molecular formula is C28H26FNO5. The number of amides is 1. The van der Waals surface area contributed by atoms with Gasteiger partial charge >= 0.3 is 0 Å². The number of ketones is 1. The van der Waals surface area contributed by atoms with Gasteiger partial charge in [-0.05, 0) is 60.0 Å². The molecule has 1 amide bonds. The fraction of sp³-hybridized carbons (Fsp3) is 0.214. The molecule has 6 nitrogen and oxygen atoms in total. The quantitative estimate of drug-likeness (QED) is 0.288. The molecule has 1 unspecified atom stereocenters. The first-order valence-corrected chi connectivity index (χ1v) is 11.2. The third-order valence-corrected chi connectivity index (χ3v) is 6.05. The molecule has 0 spiro atoms. The lowest BCUT2D eigenvalue weighted by Crippen LogP contribution is -2.32. The lowest BCUT2D eigenvalue weighted by molar-refractivity contribution is -0.140. The summed E-state index contributed by atoms with van der Waals surface area (Å²) in [5.41, 5.74) is 3.02. The summed E-state index contributed by atoms with van der Waals surface area (Å²) in [4.78, 5) is 27.1. The number of benzene rings is 3. The van der Waals surface area contributed by atoms with Crippen LogP contribution in [0.3, 0.4) is 0 Å². The molecule has 0 saturated carbocycles.